The highest BCUT2D eigenvalue weighted by atomic mass is 32.1. The molecule has 1 unspecified atom stereocenters. The first-order valence-electron chi connectivity index (χ1n) is 7.24. The van der Waals surface area contributed by atoms with Gasteiger partial charge in [-0.15, -0.1) is 11.3 Å². The van der Waals surface area contributed by atoms with Crippen LogP contribution in [0.25, 0.3) is 0 Å². The Bertz CT molecular complexity index is 619. The van der Waals surface area contributed by atoms with E-state index >= 15 is 0 Å². The van der Waals surface area contributed by atoms with E-state index in [1.807, 2.05) is 42.3 Å². The molecule has 0 spiro atoms. The first kappa shape index (κ1) is 14.2. The van der Waals surface area contributed by atoms with Gasteiger partial charge >= 0.3 is 0 Å². The molecule has 0 saturated carbocycles. The van der Waals surface area contributed by atoms with Crippen LogP contribution in [-0.2, 0) is 11.2 Å². The molecule has 1 fully saturated rings. The minimum atomic E-state index is 0.212. The molecule has 1 amide bonds. The van der Waals surface area contributed by atoms with Crippen molar-refractivity contribution in [2.24, 2.45) is 0 Å². The van der Waals surface area contributed by atoms with Gasteiger partial charge in [-0.1, -0.05) is 6.07 Å². The van der Waals surface area contributed by atoms with Gasteiger partial charge in [0.2, 0.25) is 5.91 Å². The van der Waals surface area contributed by atoms with E-state index in [4.69, 9.17) is 0 Å². The number of hydrogen-bond donors (Lipinski definition) is 0. The zero-order chi connectivity index (χ0) is 14.8. The van der Waals surface area contributed by atoms with Crippen molar-refractivity contribution in [3.8, 4) is 0 Å². The monoisotopic (exact) mass is 301 g/mol. The predicted molar refractivity (Wildman–Crippen MR) is 83.5 cm³/mol. The molecule has 2 aromatic heterocycles. The van der Waals surface area contributed by atoms with Crippen LogP contribution in [0.4, 0.5) is 0 Å². The molecule has 1 aliphatic heterocycles. The molecule has 3 heterocycles. The van der Waals surface area contributed by atoms with Crippen molar-refractivity contribution in [2.45, 2.75) is 32.6 Å². The summed E-state index contributed by atoms with van der Waals surface area (Å²) in [5.74, 6) is 1.37. The second kappa shape index (κ2) is 5.93. The normalized spacial score (nSPS) is 18.2. The van der Waals surface area contributed by atoms with Crippen molar-refractivity contribution in [1.29, 1.82) is 0 Å². The Morgan fingerprint density at radius 1 is 1.38 bits per heavy atom. The third-order valence-electron chi connectivity index (χ3n) is 3.81. The minimum Gasteiger partial charge on any atom is -0.342 e. The summed E-state index contributed by atoms with van der Waals surface area (Å²) in [7, 11) is 0. The lowest BCUT2D eigenvalue weighted by Gasteiger charge is -2.16. The van der Waals surface area contributed by atoms with Gasteiger partial charge in [-0.2, -0.15) is 0 Å². The van der Waals surface area contributed by atoms with E-state index < -0.39 is 0 Å². The Kier molecular flexibility index (Phi) is 4.01. The fraction of sp³-hybridized carbons (Fsp3) is 0.438. The van der Waals surface area contributed by atoms with Crippen molar-refractivity contribution in [3.05, 3.63) is 45.7 Å². The lowest BCUT2D eigenvalue weighted by molar-refractivity contribution is -0.129. The molecule has 0 N–H and O–H groups in total. The second-order valence-corrected chi connectivity index (χ2v) is 6.62. The smallest absolute Gasteiger partial charge is 0.227 e. The summed E-state index contributed by atoms with van der Waals surface area (Å²) in [6.07, 6.45) is 1.47. The summed E-state index contributed by atoms with van der Waals surface area (Å²) < 4.78 is 0. The van der Waals surface area contributed by atoms with Crippen LogP contribution in [0.15, 0.2) is 23.6 Å². The molecule has 4 nitrogen and oxygen atoms in total. The molecule has 3 rings (SSSR count). The molecule has 0 aromatic carbocycles. The van der Waals surface area contributed by atoms with Crippen LogP contribution in [0.2, 0.25) is 0 Å². The standard InChI is InChI=1S/C16H19N3OS/c1-11-8-12(2)18-16(17-11)13-5-6-19(10-13)15(20)9-14-4-3-7-21-14/h3-4,7-8,13H,5-6,9-10H2,1-2H3. The number of carbonyl (C=O) groups excluding carboxylic acids is 1. The van der Waals surface area contributed by atoms with Gasteiger partial charge in [0.15, 0.2) is 0 Å². The van der Waals surface area contributed by atoms with Crippen molar-refractivity contribution in [1.82, 2.24) is 14.9 Å². The van der Waals surface area contributed by atoms with Gasteiger partial charge < -0.3 is 4.90 Å². The Labute approximate surface area is 128 Å². The van der Waals surface area contributed by atoms with E-state index in [0.29, 0.717) is 6.42 Å². The molecule has 1 atom stereocenters. The minimum absolute atomic E-state index is 0.212. The number of aromatic nitrogens is 2. The number of aryl methyl sites for hydroxylation is 2. The van der Waals surface area contributed by atoms with Crippen LogP contribution in [0.1, 0.15) is 34.4 Å². The third-order valence-corrected chi connectivity index (χ3v) is 4.69. The number of nitrogens with zero attached hydrogens (tertiary/aromatic N) is 3. The number of carbonyl (C=O) groups is 1. The first-order chi connectivity index (χ1) is 10.1. The van der Waals surface area contributed by atoms with E-state index in [1.54, 1.807) is 11.3 Å². The average Bonchev–Trinajstić information content (AvgIpc) is 3.08. The third kappa shape index (κ3) is 3.29. The lowest BCUT2D eigenvalue weighted by atomic mass is 10.1. The van der Waals surface area contributed by atoms with Gasteiger partial charge in [-0.05, 0) is 37.8 Å². The van der Waals surface area contributed by atoms with Gasteiger partial charge in [0, 0.05) is 35.3 Å². The van der Waals surface area contributed by atoms with E-state index in [1.165, 1.54) is 0 Å². The molecular formula is C16H19N3OS. The van der Waals surface area contributed by atoms with Crippen LogP contribution < -0.4 is 0 Å². The highest BCUT2D eigenvalue weighted by molar-refractivity contribution is 7.10. The van der Waals surface area contributed by atoms with Crippen LogP contribution in [0.3, 0.4) is 0 Å². The van der Waals surface area contributed by atoms with Gasteiger partial charge in [-0.3, -0.25) is 4.79 Å². The summed E-state index contributed by atoms with van der Waals surface area (Å²) in [5.41, 5.74) is 2.00. The summed E-state index contributed by atoms with van der Waals surface area (Å²) in [6.45, 7) is 5.54. The molecule has 2 aromatic rings. The van der Waals surface area contributed by atoms with Crippen molar-refractivity contribution in [3.63, 3.8) is 0 Å². The number of hydrogen-bond acceptors (Lipinski definition) is 4. The molecule has 1 aliphatic rings. The molecule has 5 heteroatoms. The van der Waals surface area contributed by atoms with Crippen molar-refractivity contribution in [2.75, 3.05) is 13.1 Å². The first-order valence-corrected chi connectivity index (χ1v) is 8.12. The average molecular weight is 301 g/mol. The number of likely N-dealkylation sites (tertiary alicyclic amines) is 1. The van der Waals surface area contributed by atoms with Crippen LogP contribution in [-0.4, -0.2) is 33.9 Å². The predicted octanol–water partition coefficient (Wildman–Crippen LogP) is 2.71. The number of amides is 1. The quantitative estimate of drug-likeness (QED) is 0.875. The summed E-state index contributed by atoms with van der Waals surface area (Å²) in [6, 6.07) is 5.99. The Morgan fingerprint density at radius 3 is 2.81 bits per heavy atom. The maximum Gasteiger partial charge on any atom is 0.227 e. The highest BCUT2D eigenvalue weighted by Crippen LogP contribution is 2.26. The van der Waals surface area contributed by atoms with Crippen LogP contribution in [0, 0.1) is 13.8 Å². The van der Waals surface area contributed by atoms with Crippen molar-refractivity contribution >= 4 is 17.2 Å². The molecule has 110 valence electrons. The van der Waals surface area contributed by atoms with E-state index in [2.05, 4.69) is 9.97 Å². The Balaban J connectivity index is 1.66. The van der Waals surface area contributed by atoms with E-state index in [-0.39, 0.29) is 11.8 Å². The maximum absolute atomic E-state index is 12.3. The molecule has 0 aliphatic carbocycles. The topological polar surface area (TPSA) is 46.1 Å². The fourth-order valence-electron chi connectivity index (χ4n) is 2.81. The second-order valence-electron chi connectivity index (χ2n) is 5.59. The van der Waals surface area contributed by atoms with Gasteiger partial charge in [0.05, 0.1) is 6.42 Å². The zero-order valence-corrected chi connectivity index (χ0v) is 13.2. The molecule has 21 heavy (non-hydrogen) atoms. The maximum atomic E-state index is 12.3. The largest absolute Gasteiger partial charge is 0.342 e. The van der Waals surface area contributed by atoms with Crippen LogP contribution in [0.5, 0.6) is 0 Å². The number of rotatable bonds is 3. The summed E-state index contributed by atoms with van der Waals surface area (Å²) in [4.78, 5) is 24.5. The van der Waals surface area contributed by atoms with Crippen molar-refractivity contribution < 1.29 is 4.79 Å². The van der Waals surface area contributed by atoms with Gasteiger partial charge in [-0.25, -0.2) is 9.97 Å². The van der Waals surface area contributed by atoms with Crippen LogP contribution >= 0.6 is 11.3 Å². The lowest BCUT2D eigenvalue weighted by Crippen LogP contribution is -2.29. The summed E-state index contributed by atoms with van der Waals surface area (Å²) in [5, 5.41) is 2.01. The number of thiophene rings is 1. The van der Waals surface area contributed by atoms with Gasteiger partial charge in [0.1, 0.15) is 5.82 Å². The fourth-order valence-corrected chi connectivity index (χ4v) is 3.50. The van der Waals surface area contributed by atoms with Gasteiger partial charge in [0.25, 0.3) is 0 Å². The molecule has 0 radical (unpaired) electrons. The molecular weight excluding hydrogens is 282 g/mol. The SMILES string of the molecule is Cc1cc(C)nc(C2CCN(C(=O)Cc3cccs3)C2)n1. The molecule has 0 bridgehead atoms. The highest BCUT2D eigenvalue weighted by Gasteiger charge is 2.29. The Hall–Kier alpha value is -1.75. The van der Waals surface area contributed by atoms with E-state index in [9.17, 15) is 4.79 Å². The van der Waals surface area contributed by atoms with E-state index in [0.717, 1.165) is 41.6 Å². The Morgan fingerprint density at radius 2 is 2.14 bits per heavy atom. The zero-order valence-electron chi connectivity index (χ0n) is 12.4. The molecule has 1 saturated heterocycles. The summed E-state index contributed by atoms with van der Waals surface area (Å²) >= 11 is 1.64.